The molecule has 0 radical (unpaired) electrons. The Hall–Kier alpha value is -1.63. The van der Waals surface area contributed by atoms with Crippen molar-refractivity contribution in [2.45, 2.75) is 6.42 Å². The summed E-state index contributed by atoms with van der Waals surface area (Å²) in [4.78, 5) is 23.2. The lowest BCUT2D eigenvalue weighted by atomic mass is 10.3. The number of carboxylic acids is 1. The summed E-state index contributed by atoms with van der Waals surface area (Å²) in [7, 11) is 1.46. The van der Waals surface area contributed by atoms with E-state index < -0.39 is 17.7 Å². The molecular weight excluding hydrogens is 321 g/mol. The van der Waals surface area contributed by atoms with Crippen molar-refractivity contribution in [2.24, 2.45) is 0 Å². The lowest BCUT2D eigenvalue weighted by Crippen LogP contribution is -2.33. The average molecular weight is 334 g/mol. The highest BCUT2D eigenvalue weighted by Gasteiger charge is 2.12. The van der Waals surface area contributed by atoms with Crippen LogP contribution in [-0.2, 0) is 9.59 Å². The molecule has 0 aliphatic heterocycles. The number of halogens is 2. The molecule has 0 unspecified atom stereocenters. The van der Waals surface area contributed by atoms with E-state index in [1.165, 1.54) is 24.1 Å². The number of aliphatic carboxylic acids is 1. The number of carbonyl (C=O) groups excluding carboxylic acids is 1. The van der Waals surface area contributed by atoms with Crippen molar-refractivity contribution in [3.63, 3.8) is 0 Å². The smallest absolute Gasteiger partial charge is 0.305 e. The fourth-order valence-corrected chi connectivity index (χ4v) is 1.56. The van der Waals surface area contributed by atoms with Gasteiger partial charge in [-0.2, -0.15) is 0 Å². The number of nitrogens with zero attached hydrogens (tertiary/aromatic N) is 1. The molecule has 1 aromatic rings. The average Bonchev–Trinajstić information content (AvgIpc) is 2.34. The van der Waals surface area contributed by atoms with Crippen molar-refractivity contribution in [3.05, 3.63) is 28.5 Å². The molecule has 0 aliphatic carbocycles. The Labute approximate surface area is 118 Å². The molecule has 0 heterocycles. The first-order valence-corrected chi connectivity index (χ1v) is 6.23. The van der Waals surface area contributed by atoms with Gasteiger partial charge in [0.25, 0.3) is 5.91 Å². The Morgan fingerprint density at radius 1 is 1.47 bits per heavy atom. The number of carbonyl (C=O) groups is 2. The van der Waals surface area contributed by atoms with E-state index in [0.29, 0.717) is 4.47 Å². The second kappa shape index (κ2) is 7.08. The monoisotopic (exact) mass is 333 g/mol. The van der Waals surface area contributed by atoms with E-state index in [9.17, 15) is 14.0 Å². The highest BCUT2D eigenvalue weighted by Crippen LogP contribution is 2.21. The van der Waals surface area contributed by atoms with Gasteiger partial charge in [0.1, 0.15) is 0 Å². The molecule has 5 nitrogen and oxygen atoms in total. The highest BCUT2D eigenvalue weighted by molar-refractivity contribution is 9.10. The van der Waals surface area contributed by atoms with Crippen molar-refractivity contribution in [2.75, 3.05) is 20.2 Å². The zero-order valence-corrected chi connectivity index (χ0v) is 11.8. The molecule has 104 valence electrons. The topological polar surface area (TPSA) is 66.8 Å². The van der Waals surface area contributed by atoms with Crippen LogP contribution in [0.1, 0.15) is 6.42 Å². The summed E-state index contributed by atoms with van der Waals surface area (Å²) in [6, 6.07) is 4.23. The summed E-state index contributed by atoms with van der Waals surface area (Å²) in [6.45, 7) is -0.255. The number of rotatable bonds is 6. The molecule has 1 aromatic carbocycles. The lowest BCUT2D eigenvalue weighted by Gasteiger charge is -2.16. The first-order valence-electron chi connectivity index (χ1n) is 5.43. The van der Waals surface area contributed by atoms with E-state index in [-0.39, 0.29) is 25.3 Å². The van der Waals surface area contributed by atoms with Crippen molar-refractivity contribution in [1.29, 1.82) is 0 Å². The SMILES string of the molecule is CN(CCC(=O)O)C(=O)COc1ccc(Br)cc1F. The molecular formula is C12H13BrFNO4. The maximum atomic E-state index is 13.4. The van der Waals surface area contributed by atoms with Gasteiger partial charge in [-0.05, 0) is 18.2 Å². The van der Waals surface area contributed by atoms with Gasteiger partial charge in [0, 0.05) is 18.1 Å². The molecule has 1 rings (SSSR count). The van der Waals surface area contributed by atoms with Gasteiger partial charge < -0.3 is 14.7 Å². The van der Waals surface area contributed by atoms with Crippen molar-refractivity contribution in [1.82, 2.24) is 4.90 Å². The summed E-state index contributed by atoms with van der Waals surface area (Å²) in [6.07, 6.45) is -0.144. The highest BCUT2D eigenvalue weighted by atomic mass is 79.9. The van der Waals surface area contributed by atoms with Crippen LogP contribution in [0.4, 0.5) is 4.39 Å². The summed E-state index contributed by atoms with van der Waals surface area (Å²) in [5, 5.41) is 8.49. The van der Waals surface area contributed by atoms with Crippen LogP contribution in [0.2, 0.25) is 0 Å². The first-order chi connectivity index (χ1) is 8.90. The Balaban J connectivity index is 2.47. The predicted molar refractivity (Wildman–Crippen MR) is 69.5 cm³/mol. The summed E-state index contributed by atoms with van der Waals surface area (Å²) in [5.41, 5.74) is 0. The number of hydrogen-bond donors (Lipinski definition) is 1. The van der Waals surface area contributed by atoms with Gasteiger partial charge in [-0.25, -0.2) is 4.39 Å². The molecule has 0 bridgehead atoms. The van der Waals surface area contributed by atoms with Gasteiger partial charge in [0.2, 0.25) is 0 Å². The quantitative estimate of drug-likeness (QED) is 0.863. The Kier molecular flexibility index (Phi) is 5.75. The number of carboxylic acid groups (broad SMARTS) is 1. The molecule has 0 aliphatic rings. The van der Waals surface area contributed by atoms with Crippen LogP contribution in [0, 0.1) is 5.82 Å². The van der Waals surface area contributed by atoms with Gasteiger partial charge in [-0.1, -0.05) is 15.9 Å². The van der Waals surface area contributed by atoms with Gasteiger partial charge >= 0.3 is 5.97 Å². The van der Waals surface area contributed by atoms with E-state index in [1.54, 1.807) is 6.07 Å². The molecule has 19 heavy (non-hydrogen) atoms. The van der Waals surface area contributed by atoms with Crippen LogP contribution in [0.3, 0.4) is 0 Å². The van der Waals surface area contributed by atoms with Crippen LogP contribution >= 0.6 is 15.9 Å². The summed E-state index contributed by atoms with van der Waals surface area (Å²) >= 11 is 3.11. The normalized spacial score (nSPS) is 10.1. The second-order valence-corrected chi connectivity index (χ2v) is 4.74. The minimum Gasteiger partial charge on any atom is -0.481 e. The third-order valence-corrected chi connectivity index (χ3v) is 2.83. The largest absolute Gasteiger partial charge is 0.481 e. The Morgan fingerprint density at radius 2 is 2.16 bits per heavy atom. The molecule has 0 spiro atoms. The van der Waals surface area contributed by atoms with Gasteiger partial charge in [0.05, 0.1) is 6.42 Å². The van der Waals surface area contributed by atoms with Crippen LogP contribution in [-0.4, -0.2) is 42.1 Å². The van der Waals surface area contributed by atoms with Crippen LogP contribution in [0.5, 0.6) is 5.75 Å². The van der Waals surface area contributed by atoms with E-state index >= 15 is 0 Å². The third kappa shape index (κ3) is 5.25. The van der Waals surface area contributed by atoms with Gasteiger partial charge in [-0.3, -0.25) is 9.59 Å². The zero-order valence-electron chi connectivity index (χ0n) is 10.2. The minimum atomic E-state index is -0.987. The molecule has 1 amide bonds. The molecule has 0 atom stereocenters. The number of hydrogen-bond acceptors (Lipinski definition) is 3. The van der Waals surface area contributed by atoms with Crippen LogP contribution in [0.25, 0.3) is 0 Å². The summed E-state index contributed by atoms with van der Waals surface area (Å²) in [5.74, 6) is -2.00. The molecule has 0 saturated heterocycles. The van der Waals surface area contributed by atoms with Gasteiger partial charge in [-0.15, -0.1) is 0 Å². The fourth-order valence-electron chi connectivity index (χ4n) is 1.23. The molecule has 0 aromatic heterocycles. The van der Waals surface area contributed by atoms with Crippen LogP contribution in [0.15, 0.2) is 22.7 Å². The standard InChI is InChI=1S/C12H13BrFNO4/c1-15(5-4-12(17)18)11(16)7-19-10-3-2-8(13)6-9(10)14/h2-3,6H,4-5,7H2,1H3,(H,17,18). The number of benzene rings is 1. The molecule has 0 saturated carbocycles. The second-order valence-electron chi connectivity index (χ2n) is 3.82. The van der Waals surface area contributed by atoms with E-state index in [0.717, 1.165) is 0 Å². The van der Waals surface area contributed by atoms with E-state index in [4.69, 9.17) is 9.84 Å². The van der Waals surface area contributed by atoms with Crippen molar-refractivity contribution >= 4 is 27.8 Å². The predicted octanol–water partition coefficient (Wildman–Crippen LogP) is 1.90. The number of amides is 1. The molecule has 1 N–H and O–H groups in total. The lowest BCUT2D eigenvalue weighted by molar-refractivity contribution is -0.138. The zero-order chi connectivity index (χ0) is 14.4. The number of likely N-dealkylation sites (N-methyl/N-ethyl adjacent to an activating group) is 1. The van der Waals surface area contributed by atoms with E-state index in [2.05, 4.69) is 15.9 Å². The molecule has 7 heteroatoms. The van der Waals surface area contributed by atoms with E-state index in [1.807, 2.05) is 0 Å². The first kappa shape index (κ1) is 15.4. The number of ether oxygens (including phenoxy) is 1. The summed E-state index contributed by atoms with van der Waals surface area (Å²) < 4.78 is 19.0. The Bertz CT molecular complexity index is 481. The third-order valence-electron chi connectivity index (χ3n) is 2.33. The van der Waals surface area contributed by atoms with Crippen molar-refractivity contribution < 1.29 is 23.8 Å². The van der Waals surface area contributed by atoms with Crippen molar-refractivity contribution in [3.8, 4) is 5.75 Å². The maximum absolute atomic E-state index is 13.4. The van der Waals surface area contributed by atoms with Gasteiger partial charge in [0.15, 0.2) is 18.2 Å². The maximum Gasteiger partial charge on any atom is 0.305 e. The Morgan fingerprint density at radius 3 is 2.74 bits per heavy atom. The fraction of sp³-hybridized carbons (Fsp3) is 0.333. The minimum absolute atomic E-state index is 0.0248. The van der Waals surface area contributed by atoms with Crippen LogP contribution < -0.4 is 4.74 Å². The molecule has 0 fully saturated rings.